The van der Waals surface area contributed by atoms with Crippen molar-refractivity contribution in [2.75, 3.05) is 13.6 Å². The van der Waals surface area contributed by atoms with Crippen LogP contribution in [0.1, 0.15) is 46.9 Å². The summed E-state index contributed by atoms with van der Waals surface area (Å²) in [4.78, 5) is 31.2. The van der Waals surface area contributed by atoms with Crippen LogP contribution in [-0.4, -0.2) is 34.0 Å². The molecule has 1 aromatic carbocycles. The molecule has 0 saturated heterocycles. The maximum Gasteiger partial charge on any atom is 0.349 e. The van der Waals surface area contributed by atoms with E-state index in [9.17, 15) is 9.59 Å². The van der Waals surface area contributed by atoms with Crippen molar-refractivity contribution in [3.8, 4) is 0 Å². The molecule has 0 bridgehead atoms. The van der Waals surface area contributed by atoms with Gasteiger partial charge in [0.25, 0.3) is 5.91 Å². The Morgan fingerprint density at radius 3 is 2.81 bits per heavy atom. The Morgan fingerprint density at radius 1 is 1.33 bits per heavy atom. The third-order valence-electron chi connectivity index (χ3n) is 5.44. The molecule has 3 aromatic rings. The van der Waals surface area contributed by atoms with Crippen LogP contribution < -0.4 is 5.63 Å². The first kappa shape index (κ1) is 17.5. The Kier molecular flexibility index (Phi) is 4.56. The summed E-state index contributed by atoms with van der Waals surface area (Å²) in [7, 11) is 1.71. The van der Waals surface area contributed by atoms with Gasteiger partial charge in [0.15, 0.2) is 0 Å². The number of rotatable bonds is 5. The van der Waals surface area contributed by atoms with Gasteiger partial charge in [-0.05, 0) is 43.5 Å². The fourth-order valence-electron chi connectivity index (χ4n) is 3.52. The zero-order chi connectivity index (χ0) is 19.0. The lowest BCUT2D eigenvalue weighted by Crippen LogP contribution is -2.34. The van der Waals surface area contributed by atoms with Crippen LogP contribution in [0.3, 0.4) is 0 Å². The first-order valence-electron chi connectivity index (χ1n) is 9.34. The second kappa shape index (κ2) is 7.02. The van der Waals surface area contributed by atoms with E-state index in [1.165, 1.54) is 6.42 Å². The lowest BCUT2D eigenvalue weighted by molar-refractivity contribution is 0.0784. The van der Waals surface area contributed by atoms with Crippen molar-refractivity contribution in [3.63, 3.8) is 0 Å². The number of imidazole rings is 1. The summed E-state index contributed by atoms with van der Waals surface area (Å²) in [5, 5.41) is 0. The third-order valence-corrected chi connectivity index (χ3v) is 5.44. The van der Waals surface area contributed by atoms with E-state index in [2.05, 4.69) is 4.98 Å². The van der Waals surface area contributed by atoms with Gasteiger partial charge in [0, 0.05) is 26.1 Å². The van der Waals surface area contributed by atoms with Crippen LogP contribution in [0.15, 0.2) is 45.9 Å². The average molecular weight is 365 g/mol. The highest BCUT2D eigenvalue weighted by Crippen LogP contribution is 2.36. The van der Waals surface area contributed by atoms with Crippen molar-refractivity contribution in [1.82, 2.24) is 14.5 Å². The van der Waals surface area contributed by atoms with Crippen LogP contribution in [0.2, 0.25) is 0 Å². The lowest BCUT2D eigenvalue weighted by Gasteiger charge is -2.24. The Labute approximate surface area is 157 Å². The number of hydrogen-bond acceptors (Lipinski definition) is 4. The zero-order valence-electron chi connectivity index (χ0n) is 15.6. The fraction of sp³-hybridized carbons (Fsp3) is 0.381. The molecule has 4 rings (SSSR count). The monoisotopic (exact) mass is 365 g/mol. The van der Waals surface area contributed by atoms with Gasteiger partial charge in [-0.25, -0.2) is 9.78 Å². The summed E-state index contributed by atoms with van der Waals surface area (Å²) >= 11 is 0. The number of fused-ring (bicyclic) bond motifs is 1. The molecule has 0 aliphatic heterocycles. The molecule has 2 aromatic heterocycles. The largest absolute Gasteiger partial charge is 0.427 e. The maximum atomic E-state index is 12.8. The molecule has 6 nitrogen and oxygen atoms in total. The number of likely N-dealkylation sites (N-methyl/N-ethyl adjacent to an activating group) is 1. The van der Waals surface area contributed by atoms with Gasteiger partial charge in [-0.2, -0.15) is 0 Å². The summed E-state index contributed by atoms with van der Waals surface area (Å²) in [6.07, 6.45) is 5.04. The summed E-state index contributed by atoms with van der Waals surface area (Å²) in [6, 6.07) is 9.73. The van der Waals surface area contributed by atoms with Crippen LogP contribution >= 0.6 is 0 Å². The molecule has 27 heavy (non-hydrogen) atoms. The van der Waals surface area contributed by atoms with Crippen molar-refractivity contribution in [2.24, 2.45) is 0 Å². The number of nitrogens with zero attached hydrogens (tertiary/aromatic N) is 3. The average Bonchev–Trinajstić information content (AvgIpc) is 3.00. The molecular formula is C21H23N3O3. The SMILES string of the molecule is Cc1cc(C2CCC2)oc(=O)c1C(=O)N(C)CCn1cnc2ccccc21. The van der Waals surface area contributed by atoms with E-state index in [-0.39, 0.29) is 11.5 Å². The molecule has 1 aliphatic carbocycles. The maximum absolute atomic E-state index is 12.8. The molecular weight excluding hydrogens is 342 g/mol. The van der Waals surface area contributed by atoms with Crippen molar-refractivity contribution in [3.05, 3.63) is 64.0 Å². The molecule has 0 N–H and O–H groups in total. The Morgan fingerprint density at radius 2 is 2.11 bits per heavy atom. The van der Waals surface area contributed by atoms with Crippen LogP contribution in [0.5, 0.6) is 0 Å². The van der Waals surface area contributed by atoms with Crippen molar-refractivity contribution in [2.45, 2.75) is 38.6 Å². The van der Waals surface area contributed by atoms with Gasteiger partial charge < -0.3 is 13.9 Å². The number of benzene rings is 1. The number of para-hydroxylation sites is 2. The second-order valence-corrected chi connectivity index (χ2v) is 7.28. The van der Waals surface area contributed by atoms with Gasteiger partial charge in [-0.15, -0.1) is 0 Å². The Balaban J connectivity index is 1.49. The van der Waals surface area contributed by atoms with Gasteiger partial charge in [-0.3, -0.25) is 4.79 Å². The molecule has 2 heterocycles. The van der Waals surface area contributed by atoms with Gasteiger partial charge in [0.2, 0.25) is 0 Å². The minimum Gasteiger partial charge on any atom is -0.427 e. The van der Waals surface area contributed by atoms with Crippen LogP contribution in [0, 0.1) is 6.92 Å². The molecule has 0 atom stereocenters. The fourth-order valence-corrected chi connectivity index (χ4v) is 3.52. The molecule has 1 saturated carbocycles. The molecule has 6 heteroatoms. The predicted octanol–water partition coefficient (Wildman–Crippen LogP) is 3.34. The number of hydrogen-bond donors (Lipinski definition) is 0. The highest BCUT2D eigenvalue weighted by atomic mass is 16.4. The van der Waals surface area contributed by atoms with Gasteiger partial charge in [0.05, 0.1) is 17.4 Å². The van der Waals surface area contributed by atoms with Crippen LogP contribution in [0.25, 0.3) is 11.0 Å². The van der Waals surface area contributed by atoms with E-state index >= 15 is 0 Å². The van der Waals surface area contributed by atoms with Crippen molar-refractivity contribution >= 4 is 16.9 Å². The molecule has 0 unspecified atom stereocenters. The van der Waals surface area contributed by atoms with E-state index in [1.54, 1.807) is 18.3 Å². The zero-order valence-corrected chi connectivity index (χ0v) is 15.6. The number of aryl methyl sites for hydroxylation is 1. The van der Waals surface area contributed by atoms with Gasteiger partial charge >= 0.3 is 5.63 Å². The van der Waals surface area contributed by atoms with E-state index in [1.807, 2.05) is 41.8 Å². The number of carbonyl (C=O) groups excluding carboxylic acids is 1. The second-order valence-electron chi connectivity index (χ2n) is 7.28. The predicted molar refractivity (Wildman–Crippen MR) is 103 cm³/mol. The van der Waals surface area contributed by atoms with E-state index in [0.717, 1.165) is 23.9 Å². The van der Waals surface area contributed by atoms with Crippen LogP contribution in [0.4, 0.5) is 0 Å². The standard InChI is InChI=1S/C21H23N3O3/c1-14-12-18(15-6-5-7-15)27-21(26)19(14)20(25)23(2)10-11-24-13-22-16-8-3-4-9-17(16)24/h3-4,8-9,12-13,15H,5-7,10-11H2,1-2H3. The highest BCUT2D eigenvalue weighted by Gasteiger charge is 2.26. The Bertz CT molecular complexity index is 1050. The third kappa shape index (κ3) is 3.27. The number of aromatic nitrogens is 2. The van der Waals surface area contributed by atoms with Crippen molar-refractivity contribution in [1.29, 1.82) is 0 Å². The quantitative estimate of drug-likeness (QED) is 0.695. The van der Waals surface area contributed by atoms with Gasteiger partial charge in [0.1, 0.15) is 11.3 Å². The van der Waals surface area contributed by atoms with E-state index < -0.39 is 5.63 Å². The number of carbonyl (C=O) groups is 1. The van der Waals surface area contributed by atoms with E-state index in [0.29, 0.717) is 30.3 Å². The number of amides is 1. The lowest BCUT2D eigenvalue weighted by atomic mass is 9.83. The van der Waals surface area contributed by atoms with E-state index in [4.69, 9.17) is 4.42 Å². The molecule has 0 spiro atoms. The minimum absolute atomic E-state index is 0.135. The highest BCUT2D eigenvalue weighted by molar-refractivity contribution is 5.95. The minimum atomic E-state index is -0.526. The first-order chi connectivity index (χ1) is 13.0. The molecule has 0 radical (unpaired) electrons. The summed E-state index contributed by atoms with van der Waals surface area (Å²) in [6.45, 7) is 2.89. The smallest absolute Gasteiger partial charge is 0.349 e. The van der Waals surface area contributed by atoms with Crippen LogP contribution in [-0.2, 0) is 6.54 Å². The summed E-state index contributed by atoms with van der Waals surface area (Å²) in [5.74, 6) is 0.742. The molecule has 1 amide bonds. The van der Waals surface area contributed by atoms with Crippen molar-refractivity contribution < 1.29 is 9.21 Å². The first-order valence-corrected chi connectivity index (χ1v) is 9.34. The van der Waals surface area contributed by atoms with Gasteiger partial charge in [-0.1, -0.05) is 18.6 Å². The normalized spacial score (nSPS) is 14.3. The summed E-state index contributed by atoms with van der Waals surface area (Å²) < 4.78 is 7.46. The molecule has 1 aliphatic rings. The topological polar surface area (TPSA) is 68.3 Å². The summed E-state index contributed by atoms with van der Waals surface area (Å²) in [5.41, 5.74) is 2.25. The Hall–Kier alpha value is -2.89. The molecule has 140 valence electrons. The molecule has 1 fully saturated rings.